The van der Waals surface area contributed by atoms with Crippen LogP contribution in [0.1, 0.15) is 36.7 Å². The van der Waals surface area contributed by atoms with E-state index in [-0.39, 0.29) is 11.7 Å². The molecule has 1 aliphatic heterocycles. The Labute approximate surface area is 116 Å². The summed E-state index contributed by atoms with van der Waals surface area (Å²) < 4.78 is 5.35. The lowest BCUT2D eigenvalue weighted by Crippen LogP contribution is -2.50. The minimum atomic E-state index is -0.229. The molecular formula is C14H18N2O2S. The second-order valence-electron chi connectivity index (χ2n) is 5.84. The third-order valence-corrected chi connectivity index (χ3v) is 5.62. The molecule has 0 bridgehead atoms. The first-order valence-corrected chi connectivity index (χ1v) is 7.78. The van der Waals surface area contributed by atoms with Crippen LogP contribution in [0, 0.1) is 0 Å². The van der Waals surface area contributed by atoms with Crippen LogP contribution < -0.4 is 5.32 Å². The number of hydrogen-bond acceptors (Lipinski definition) is 4. The average molecular weight is 278 g/mol. The largest absolute Gasteiger partial charge is 0.381 e. The number of methoxy groups -OCH3 is 1. The fourth-order valence-electron chi connectivity index (χ4n) is 3.23. The van der Waals surface area contributed by atoms with Crippen LogP contribution in [0.25, 0.3) is 0 Å². The van der Waals surface area contributed by atoms with Crippen LogP contribution in [-0.2, 0) is 9.53 Å². The highest BCUT2D eigenvalue weighted by Gasteiger charge is 2.61. The van der Waals surface area contributed by atoms with Crippen molar-refractivity contribution in [3.63, 3.8) is 0 Å². The van der Waals surface area contributed by atoms with E-state index in [4.69, 9.17) is 4.74 Å². The topological polar surface area (TPSA) is 41.6 Å². The molecule has 0 radical (unpaired) electrons. The summed E-state index contributed by atoms with van der Waals surface area (Å²) in [6, 6.07) is 4.52. The van der Waals surface area contributed by atoms with Gasteiger partial charge in [0, 0.05) is 18.0 Å². The lowest BCUT2D eigenvalue weighted by atomic mass is 9.87. The molecule has 19 heavy (non-hydrogen) atoms. The number of ether oxygens (including phenoxy) is 1. The number of thiophene rings is 1. The molecule has 3 fully saturated rings. The number of hydrogen-bond donors (Lipinski definition) is 1. The first-order chi connectivity index (χ1) is 9.23. The van der Waals surface area contributed by atoms with Crippen LogP contribution >= 0.6 is 11.3 Å². The molecule has 1 saturated heterocycles. The van der Waals surface area contributed by atoms with Crippen molar-refractivity contribution in [1.29, 1.82) is 0 Å². The second-order valence-corrected chi connectivity index (χ2v) is 6.82. The highest BCUT2D eigenvalue weighted by molar-refractivity contribution is 7.10. The summed E-state index contributed by atoms with van der Waals surface area (Å²) in [5.41, 5.74) is -0.229. The molecule has 4 nitrogen and oxygen atoms in total. The van der Waals surface area contributed by atoms with E-state index in [0.29, 0.717) is 18.1 Å². The van der Waals surface area contributed by atoms with Crippen molar-refractivity contribution in [2.45, 2.75) is 49.5 Å². The zero-order valence-electron chi connectivity index (χ0n) is 11.0. The monoisotopic (exact) mass is 278 g/mol. The number of nitrogens with zero attached hydrogens (tertiary/aromatic N) is 1. The number of rotatable bonds is 3. The standard InChI is InChI=1S/C14H18N2O2S/c1-18-10-7-9(8-10)16-12(11-3-2-6-19-11)15-14(4-5-14)13(16)17/h2-3,6,9-10,12,15H,4-5,7-8H2,1H3. The summed E-state index contributed by atoms with van der Waals surface area (Å²) in [5, 5.41) is 5.65. The fourth-order valence-corrected chi connectivity index (χ4v) is 4.00. The molecule has 3 aliphatic rings. The summed E-state index contributed by atoms with van der Waals surface area (Å²) in [5.74, 6) is 0.311. The molecule has 1 aromatic heterocycles. The van der Waals surface area contributed by atoms with Crippen LogP contribution in [0.5, 0.6) is 0 Å². The van der Waals surface area contributed by atoms with Gasteiger partial charge in [-0.05, 0) is 37.1 Å². The zero-order chi connectivity index (χ0) is 13.0. The first-order valence-electron chi connectivity index (χ1n) is 6.90. The number of carbonyl (C=O) groups is 1. The molecular weight excluding hydrogens is 260 g/mol. The van der Waals surface area contributed by atoms with Crippen molar-refractivity contribution in [2.24, 2.45) is 0 Å². The van der Waals surface area contributed by atoms with E-state index < -0.39 is 0 Å². The minimum Gasteiger partial charge on any atom is -0.381 e. The van der Waals surface area contributed by atoms with Gasteiger partial charge in [-0.25, -0.2) is 0 Å². The van der Waals surface area contributed by atoms with Gasteiger partial charge in [0.1, 0.15) is 11.7 Å². The molecule has 1 atom stereocenters. The average Bonchev–Trinajstić information content (AvgIpc) is 2.83. The predicted octanol–water partition coefficient (Wildman–Crippen LogP) is 1.89. The third-order valence-electron chi connectivity index (χ3n) is 4.69. The van der Waals surface area contributed by atoms with Gasteiger partial charge in [-0.2, -0.15) is 0 Å². The third kappa shape index (κ3) is 1.68. The van der Waals surface area contributed by atoms with Crippen LogP contribution in [0.15, 0.2) is 17.5 Å². The van der Waals surface area contributed by atoms with Crippen LogP contribution in [0.3, 0.4) is 0 Å². The molecule has 102 valence electrons. The molecule has 4 rings (SSSR count). The second kappa shape index (κ2) is 4.04. The van der Waals surface area contributed by atoms with Crippen LogP contribution in [0.2, 0.25) is 0 Å². The molecule has 2 aliphatic carbocycles. The Hall–Kier alpha value is -0.910. The Morgan fingerprint density at radius 3 is 2.84 bits per heavy atom. The lowest BCUT2D eigenvalue weighted by molar-refractivity contribution is -0.138. The van der Waals surface area contributed by atoms with Crippen molar-refractivity contribution in [1.82, 2.24) is 10.2 Å². The number of carbonyl (C=O) groups excluding carboxylic acids is 1. The highest BCUT2D eigenvalue weighted by Crippen LogP contribution is 2.49. The van der Waals surface area contributed by atoms with Gasteiger partial charge in [-0.1, -0.05) is 6.07 Å². The van der Waals surface area contributed by atoms with Gasteiger partial charge in [0.05, 0.1) is 6.10 Å². The van der Waals surface area contributed by atoms with Gasteiger partial charge in [0.15, 0.2) is 0 Å². The van der Waals surface area contributed by atoms with Crippen molar-refractivity contribution in [3.8, 4) is 0 Å². The van der Waals surface area contributed by atoms with Gasteiger partial charge >= 0.3 is 0 Å². The predicted molar refractivity (Wildman–Crippen MR) is 72.8 cm³/mol. The van der Waals surface area contributed by atoms with E-state index in [0.717, 1.165) is 25.7 Å². The summed E-state index contributed by atoms with van der Waals surface area (Å²) in [7, 11) is 1.75. The Morgan fingerprint density at radius 2 is 2.26 bits per heavy atom. The molecule has 1 N–H and O–H groups in total. The zero-order valence-corrected chi connectivity index (χ0v) is 11.8. The first kappa shape index (κ1) is 11.9. The molecule has 1 unspecified atom stereocenters. The Morgan fingerprint density at radius 1 is 1.47 bits per heavy atom. The maximum Gasteiger partial charge on any atom is 0.244 e. The van der Waals surface area contributed by atoms with Crippen molar-refractivity contribution >= 4 is 17.2 Å². The molecule has 2 saturated carbocycles. The van der Waals surface area contributed by atoms with Gasteiger partial charge in [0.2, 0.25) is 5.91 Å². The number of nitrogens with one attached hydrogen (secondary N) is 1. The highest BCUT2D eigenvalue weighted by atomic mass is 32.1. The van der Waals surface area contributed by atoms with E-state index >= 15 is 0 Å². The van der Waals surface area contributed by atoms with Gasteiger partial charge in [-0.15, -0.1) is 11.3 Å². The van der Waals surface area contributed by atoms with E-state index in [9.17, 15) is 4.79 Å². The van der Waals surface area contributed by atoms with E-state index in [1.165, 1.54) is 4.88 Å². The number of amides is 1. The molecule has 0 aromatic carbocycles. The smallest absolute Gasteiger partial charge is 0.244 e. The quantitative estimate of drug-likeness (QED) is 0.918. The molecule has 1 aromatic rings. The molecule has 1 amide bonds. The summed E-state index contributed by atoms with van der Waals surface area (Å²) in [4.78, 5) is 16.0. The van der Waals surface area contributed by atoms with Crippen molar-refractivity contribution in [2.75, 3.05) is 7.11 Å². The van der Waals surface area contributed by atoms with Crippen molar-refractivity contribution < 1.29 is 9.53 Å². The van der Waals surface area contributed by atoms with Gasteiger partial charge in [-0.3, -0.25) is 10.1 Å². The summed E-state index contributed by atoms with van der Waals surface area (Å²) >= 11 is 1.73. The maximum absolute atomic E-state index is 12.7. The van der Waals surface area contributed by atoms with Crippen LogP contribution in [-0.4, -0.2) is 35.6 Å². The summed E-state index contributed by atoms with van der Waals surface area (Å²) in [6.45, 7) is 0. The Balaban J connectivity index is 1.60. The normalized spacial score (nSPS) is 35.7. The van der Waals surface area contributed by atoms with Gasteiger partial charge in [0.25, 0.3) is 0 Å². The van der Waals surface area contributed by atoms with E-state index in [1.54, 1.807) is 18.4 Å². The molecule has 1 spiro atoms. The Kier molecular flexibility index (Phi) is 2.53. The molecule has 5 heteroatoms. The van der Waals surface area contributed by atoms with Crippen molar-refractivity contribution in [3.05, 3.63) is 22.4 Å². The van der Waals surface area contributed by atoms with E-state index in [1.807, 2.05) is 0 Å². The van der Waals surface area contributed by atoms with Gasteiger partial charge < -0.3 is 9.64 Å². The lowest BCUT2D eigenvalue weighted by Gasteiger charge is -2.42. The summed E-state index contributed by atoms with van der Waals surface area (Å²) in [6.07, 6.45) is 4.34. The minimum absolute atomic E-state index is 0.0813. The van der Waals surface area contributed by atoms with Crippen LogP contribution in [0.4, 0.5) is 0 Å². The molecule has 2 heterocycles. The fraction of sp³-hybridized carbons (Fsp3) is 0.643. The SMILES string of the molecule is COC1CC(N2C(=O)C3(CC3)NC2c2cccs2)C1. The van der Waals surface area contributed by atoms with E-state index in [2.05, 4.69) is 27.7 Å². The maximum atomic E-state index is 12.7. The Bertz CT molecular complexity index is 492.